The van der Waals surface area contributed by atoms with Crippen LogP contribution >= 0.6 is 15.9 Å². The van der Waals surface area contributed by atoms with E-state index in [1.807, 2.05) is 32.0 Å². The van der Waals surface area contributed by atoms with E-state index in [2.05, 4.69) is 28.2 Å². The fraction of sp³-hybridized carbons (Fsp3) is 0.533. The summed E-state index contributed by atoms with van der Waals surface area (Å²) in [6, 6.07) is 5.99. The van der Waals surface area contributed by atoms with Gasteiger partial charge in [-0.05, 0) is 44.9 Å². The highest BCUT2D eigenvalue weighted by molar-refractivity contribution is 9.10. The molecule has 3 nitrogen and oxygen atoms in total. The molecule has 0 aliphatic heterocycles. The highest BCUT2D eigenvalue weighted by Gasteiger charge is 2.17. The van der Waals surface area contributed by atoms with Gasteiger partial charge in [0, 0.05) is 10.5 Å². The van der Waals surface area contributed by atoms with Crippen LogP contribution in [0.5, 0.6) is 5.75 Å². The Morgan fingerprint density at radius 2 is 2.11 bits per heavy atom. The standard InChI is InChI=1S/C15H22BrNO2/c1-5-6-11(3)17-15(18)12(4)19-14-9-13(16)8-7-10(14)2/h7-9,11-12H,5-6H2,1-4H3,(H,17,18). The Balaban J connectivity index is 2.61. The number of hydrogen-bond donors (Lipinski definition) is 1. The summed E-state index contributed by atoms with van der Waals surface area (Å²) < 4.78 is 6.67. The van der Waals surface area contributed by atoms with Crippen LogP contribution in [-0.2, 0) is 4.79 Å². The van der Waals surface area contributed by atoms with E-state index in [9.17, 15) is 4.79 Å². The largest absolute Gasteiger partial charge is 0.481 e. The quantitative estimate of drug-likeness (QED) is 0.862. The van der Waals surface area contributed by atoms with E-state index in [0.717, 1.165) is 28.6 Å². The molecule has 0 aliphatic carbocycles. The zero-order valence-corrected chi connectivity index (χ0v) is 13.6. The van der Waals surface area contributed by atoms with Gasteiger partial charge >= 0.3 is 0 Å². The summed E-state index contributed by atoms with van der Waals surface area (Å²) in [5.41, 5.74) is 1.02. The Kier molecular flexibility index (Phi) is 6.35. The fourth-order valence-corrected chi connectivity index (χ4v) is 2.15. The summed E-state index contributed by atoms with van der Waals surface area (Å²) in [5.74, 6) is 0.667. The summed E-state index contributed by atoms with van der Waals surface area (Å²) in [7, 11) is 0. The number of rotatable bonds is 6. The number of carbonyl (C=O) groups is 1. The predicted molar refractivity (Wildman–Crippen MR) is 81.5 cm³/mol. The average Bonchev–Trinajstić information content (AvgIpc) is 2.34. The van der Waals surface area contributed by atoms with E-state index in [-0.39, 0.29) is 11.9 Å². The molecule has 0 aromatic heterocycles. The summed E-state index contributed by atoms with van der Waals surface area (Å²) in [5, 5.41) is 2.96. The van der Waals surface area contributed by atoms with E-state index in [4.69, 9.17) is 4.74 Å². The van der Waals surface area contributed by atoms with Crippen LogP contribution in [0.3, 0.4) is 0 Å². The normalized spacial score (nSPS) is 13.7. The van der Waals surface area contributed by atoms with Crippen molar-refractivity contribution in [3.63, 3.8) is 0 Å². The van der Waals surface area contributed by atoms with Gasteiger partial charge in [0.25, 0.3) is 5.91 Å². The Labute approximate surface area is 123 Å². The zero-order chi connectivity index (χ0) is 14.4. The minimum Gasteiger partial charge on any atom is -0.481 e. The van der Waals surface area contributed by atoms with Crippen molar-refractivity contribution in [2.24, 2.45) is 0 Å². The van der Waals surface area contributed by atoms with Crippen LogP contribution in [0.1, 0.15) is 39.2 Å². The lowest BCUT2D eigenvalue weighted by atomic mass is 10.2. The second kappa shape index (κ2) is 7.53. The molecule has 2 unspecified atom stereocenters. The maximum absolute atomic E-state index is 12.0. The first-order chi connectivity index (χ1) is 8.93. The Bertz CT molecular complexity index is 434. The van der Waals surface area contributed by atoms with Gasteiger partial charge in [0.15, 0.2) is 6.10 Å². The second-order valence-corrected chi connectivity index (χ2v) is 5.78. The molecular weight excluding hydrogens is 306 g/mol. The molecule has 0 aliphatic rings. The summed E-state index contributed by atoms with van der Waals surface area (Å²) in [6.07, 6.45) is 1.54. The van der Waals surface area contributed by atoms with E-state index in [1.165, 1.54) is 0 Å². The minimum absolute atomic E-state index is 0.0691. The number of halogens is 1. The van der Waals surface area contributed by atoms with E-state index in [0.29, 0.717) is 0 Å². The first kappa shape index (κ1) is 16.0. The van der Waals surface area contributed by atoms with Gasteiger partial charge in [-0.1, -0.05) is 35.3 Å². The lowest BCUT2D eigenvalue weighted by Crippen LogP contribution is -2.41. The van der Waals surface area contributed by atoms with Crippen molar-refractivity contribution in [3.8, 4) is 5.75 Å². The van der Waals surface area contributed by atoms with Gasteiger partial charge in [-0.3, -0.25) is 4.79 Å². The van der Waals surface area contributed by atoms with Crippen LogP contribution in [0.25, 0.3) is 0 Å². The van der Waals surface area contributed by atoms with Gasteiger partial charge in [-0.25, -0.2) is 0 Å². The van der Waals surface area contributed by atoms with Crippen LogP contribution < -0.4 is 10.1 Å². The third-order valence-electron chi connectivity index (χ3n) is 2.93. The molecule has 0 saturated carbocycles. The molecular formula is C15H22BrNO2. The molecule has 0 fully saturated rings. The summed E-state index contributed by atoms with van der Waals surface area (Å²) >= 11 is 3.40. The van der Waals surface area contributed by atoms with E-state index in [1.54, 1.807) is 6.92 Å². The zero-order valence-electron chi connectivity index (χ0n) is 12.0. The lowest BCUT2D eigenvalue weighted by molar-refractivity contribution is -0.127. The Morgan fingerprint density at radius 3 is 2.74 bits per heavy atom. The predicted octanol–water partition coefficient (Wildman–Crippen LogP) is 3.83. The number of hydrogen-bond acceptors (Lipinski definition) is 2. The van der Waals surface area contributed by atoms with E-state index >= 15 is 0 Å². The monoisotopic (exact) mass is 327 g/mol. The second-order valence-electron chi connectivity index (χ2n) is 4.87. The van der Waals surface area contributed by atoms with Crippen molar-refractivity contribution in [2.75, 3.05) is 0 Å². The van der Waals surface area contributed by atoms with Crippen LogP contribution in [0.4, 0.5) is 0 Å². The van der Waals surface area contributed by atoms with Crippen LogP contribution in [0, 0.1) is 6.92 Å². The van der Waals surface area contributed by atoms with Crippen molar-refractivity contribution in [3.05, 3.63) is 28.2 Å². The average molecular weight is 328 g/mol. The lowest BCUT2D eigenvalue weighted by Gasteiger charge is -2.19. The smallest absolute Gasteiger partial charge is 0.260 e. The Hall–Kier alpha value is -1.03. The molecule has 0 heterocycles. The number of ether oxygens (including phenoxy) is 1. The highest BCUT2D eigenvalue weighted by atomic mass is 79.9. The van der Waals surface area contributed by atoms with Crippen molar-refractivity contribution < 1.29 is 9.53 Å². The number of benzene rings is 1. The number of aryl methyl sites for hydroxylation is 1. The Morgan fingerprint density at radius 1 is 1.42 bits per heavy atom. The number of nitrogens with one attached hydrogen (secondary N) is 1. The van der Waals surface area contributed by atoms with Gasteiger partial charge in [0.2, 0.25) is 0 Å². The van der Waals surface area contributed by atoms with Crippen molar-refractivity contribution >= 4 is 21.8 Å². The van der Waals surface area contributed by atoms with Crippen LogP contribution in [-0.4, -0.2) is 18.1 Å². The van der Waals surface area contributed by atoms with Crippen molar-refractivity contribution in [1.29, 1.82) is 0 Å². The number of carbonyl (C=O) groups excluding carboxylic acids is 1. The van der Waals surface area contributed by atoms with Gasteiger partial charge in [0.05, 0.1) is 0 Å². The maximum atomic E-state index is 12.0. The molecule has 1 aromatic rings. The molecule has 1 N–H and O–H groups in total. The molecule has 2 atom stereocenters. The van der Waals surface area contributed by atoms with Crippen LogP contribution in [0.2, 0.25) is 0 Å². The molecule has 0 radical (unpaired) electrons. The topological polar surface area (TPSA) is 38.3 Å². The molecule has 4 heteroatoms. The molecule has 0 spiro atoms. The van der Waals surface area contributed by atoms with Crippen LogP contribution in [0.15, 0.2) is 22.7 Å². The van der Waals surface area contributed by atoms with Crippen molar-refractivity contribution in [2.45, 2.75) is 52.7 Å². The summed E-state index contributed by atoms with van der Waals surface area (Å²) in [6.45, 7) is 7.85. The molecule has 106 valence electrons. The molecule has 0 bridgehead atoms. The first-order valence-corrected chi connectivity index (χ1v) is 7.46. The van der Waals surface area contributed by atoms with Gasteiger partial charge < -0.3 is 10.1 Å². The third-order valence-corrected chi connectivity index (χ3v) is 3.43. The summed E-state index contributed by atoms with van der Waals surface area (Å²) in [4.78, 5) is 12.0. The fourth-order valence-electron chi connectivity index (χ4n) is 1.81. The molecule has 19 heavy (non-hydrogen) atoms. The third kappa shape index (κ3) is 5.23. The van der Waals surface area contributed by atoms with Gasteiger partial charge in [0.1, 0.15) is 5.75 Å². The molecule has 1 amide bonds. The number of amides is 1. The highest BCUT2D eigenvalue weighted by Crippen LogP contribution is 2.23. The minimum atomic E-state index is -0.493. The van der Waals surface area contributed by atoms with Gasteiger partial charge in [-0.15, -0.1) is 0 Å². The SMILES string of the molecule is CCCC(C)NC(=O)C(C)Oc1cc(Br)ccc1C. The molecule has 1 aromatic carbocycles. The van der Waals surface area contributed by atoms with E-state index < -0.39 is 6.10 Å². The maximum Gasteiger partial charge on any atom is 0.260 e. The molecule has 1 rings (SSSR count). The molecule has 0 saturated heterocycles. The van der Waals surface area contributed by atoms with Gasteiger partial charge in [-0.2, -0.15) is 0 Å². The van der Waals surface area contributed by atoms with Crippen molar-refractivity contribution in [1.82, 2.24) is 5.32 Å². The first-order valence-electron chi connectivity index (χ1n) is 6.67.